The zero-order valence-corrected chi connectivity index (χ0v) is 8.90. The van der Waals surface area contributed by atoms with E-state index in [4.69, 9.17) is 9.94 Å². The first kappa shape index (κ1) is 11.5. The van der Waals surface area contributed by atoms with Gasteiger partial charge < -0.3 is 5.11 Å². The molecule has 1 rings (SSSR count). The molecule has 1 heterocycles. The Kier molecular flexibility index (Phi) is 4.35. The van der Waals surface area contributed by atoms with E-state index in [0.717, 1.165) is 12.8 Å². The Morgan fingerprint density at radius 1 is 1.57 bits per heavy atom. The number of unbranched alkanes of at least 4 members (excludes halogenated alkanes) is 2. The molecule has 1 fully saturated rings. The number of aliphatic carboxylic acids is 1. The Morgan fingerprint density at radius 2 is 2.29 bits per heavy atom. The Bertz CT molecular complexity index is 196. The lowest BCUT2D eigenvalue weighted by Crippen LogP contribution is -2.31. The van der Waals surface area contributed by atoms with Crippen molar-refractivity contribution in [3.63, 3.8) is 0 Å². The molecule has 0 saturated carbocycles. The van der Waals surface area contributed by atoms with Crippen LogP contribution in [0.2, 0.25) is 0 Å². The molecule has 2 unspecified atom stereocenters. The second kappa shape index (κ2) is 5.32. The van der Waals surface area contributed by atoms with Gasteiger partial charge >= 0.3 is 5.97 Å². The number of nitrogens with zero attached hydrogens (tertiary/aromatic N) is 1. The molecule has 0 aromatic carbocycles. The van der Waals surface area contributed by atoms with Crippen LogP contribution in [0.4, 0.5) is 0 Å². The number of hydrogen-bond acceptors (Lipinski definition) is 3. The normalized spacial score (nSPS) is 28.1. The van der Waals surface area contributed by atoms with E-state index in [1.165, 1.54) is 17.9 Å². The van der Waals surface area contributed by atoms with Gasteiger partial charge in [-0.25, -0.2) is 0 Å². The second-order valence-electron chi connectivity index (χ2n) is 3.86. The summed E-state index contributed by atoms with van der Waals surface area (Å²) < 4.78 is 0. The maximum absolute atomic E-state index is 10.8. The Labute approximate surface area is 84.8 Å². The summed E-state index contributed by atoms with van der Waals surface area (Å²) in [6.45, 7) is 2.15. The van der Waals surface area contributed by atoms with E-state index in [1.54, 1.807) is 7.05 Å². The van der Waals surface area contributed by atoms with Crippen molar-refractivity contribution in [2.45, 2.75) is 51.2 Å². The molecule has 1 aliphatic rings. The molecule has 0 amide bonds. The minimum absolute atomic E-state index is 0.104. The minimum atomic E-state index is -0.787. The number of hydroxylamine groups is 2. The highest BCUT2D eigenvalue weighted by atomic mass is 16.7. The van der Waals surface area contributed by atoms with E-state index in [0.29, 0.717) is 6.42 Å². The molecule has 0 aromatic rings. The van der Waals surface area contributed by atoms with Crippen LogP contribution in [0.15, 0.2) is 0 Å². The first-order valence-electron chi connectivity index (χ1n) is 5.27. The van der Waals surface area contributed by atoms with Gasteiger partial charge in [0.25, 0.3) is 0 Å². The summed E-state index contributed by atoms with van der Waals surface area (Å²) in [6, 6.07) is -0.457. The third-order valence-corrected chi connectivity index (χ3v) is 2.66. The van der Waals surface area contributed by atoms with Crippen molar-refractivity contribution in [3.8, 4) is 0 Å². The molecule has 82 valence electrons. The predicted octanol–water partition coefficient (Wildman–Crippen LogP) is 1.66. The van der Waals surface area contributed by atoms with E-state index in [2.05, 4.69) is 6.92 Å². The smallest absolute Gasteiger partial charge is 0.323 e. The number of carboxylic acids is 1. The first-order chi connectivity index (χ1) is 6.65. The van der Waals surface area contributed by atoms with Crippen LogP contribution in [0.25, 0.3) is 0 Å². The quantitative estimate of drug-likeness (QED) is 0.687. The van der Waals surface area contributed by atoms with Crippen LogP contribution in [0.3, 0.4) is 0 Å². The molecule has 2 atom stereocenters. The summed E-state index contributed by atoms with van der Waals surface area (Å²) in [7, 11) is 1.69. The third-order valence-electron chi connectivity index (χ3n) is 2.66. The summed E-state index contributed by atoms with van der Waals surface area (Å²) >= 11 is 0. The maximum Gasteiger partial charge on any atom is 0.323 e. The molecular weight excluding hydrogens is 182 g/mol. The van der Waals surface area contributed by atoms with Crippen molar-refractivity contribution >= 4 is 5.97 Å². The average Bonchev–Trinajstić information content (AvgIpc) is 2.47. The summed E-state index contributed by atoms with van der Waals surface area (Å²) in [5, 5.41) is 10.3. The Morgan fingerprint density at radius 3 is 2.79 bits per heavy atom. The van der Waals surface area contributed by atoms with Gasteiger partial charge in [0.1, 0.15) is 6.04 Å². The van der Waals surface area contributed by atoms with E-state index < -0.39 is 12.0 Å². The van der Waals surface area contributed by atoms with Gasteiger partial charge in [-0.05, 0) is 6.42 Å². The number of carboxylic acid groups (broad SMARTS) is 1. The lowest BCUT2D eigenvalue weighted by molar-refractivity contribution is -0.168. The summed E-state index contributed by atoms with van der Waals surface area (Å²) in [6.07, 6.45) is 5.21. The van der Waals surface area contributed by atoms with Gasteiger partial charge in [0.05, 0.1) is 6.10 Å². The van der Waals surface area contributed by atoms with Gasteiger partial charge in [-0.1, -0.05) is 26.2 Å². The Balaban J connectivity index is 2.28. The maximum atomic E-state index is 10.8. The lowest BCUT2D eigenvalue weighted by atomic mass is 10.1. The molecule has 1 N–H and O–H groups in total. The van der Waals surface area contributed by atoms with Crippen LogP contribution in [-0.4, -0.2) is 35.3 Å². The van der Waals surface area contributed by atoms with Crippen LogP contribution >= 0.6 is 0 Å². The highest BCUT2D eigenvalue weighted by Gasteiger charge is 2.35. The predicted molar refractivity (Wildman–Crippen MR) is 52.8 cm³/mol. The van der Waals surface area contributed by atoms with Crippen LogP contribution in [0, 0.1) is 0 Å². The average molecular weight is 201 g/mol. The van der Waals surface area contributed by atoms with Crippen molar-refractivity contribution in [1.82, 2.24) is 5.06 Å². The van der Waals surface area contributed by atoms with E-state index in [1.807, 2.05) is 0 Å². The monoisotopic (exact) mass is 201 g/mol. The van der Waals surface area contributed by atoms with E-state index in [-0.39, 0.29) is 6.10 Å². The molecule has 0 aliphatic carbocycles. The minimum Gasteiger partial charge on any atom is -0.480 e. The fraction of sp³-hybridized carbons (Fsp3) is 0.900. The molecule has 0 spiro atoms. The zero-order chi connectivity index (χ0) is 10.6. The highest BCUT2D eigenvalue weighted by molar-refractivity contribution is 5.73. The van der Waals surface area contributed by atoms with Crippen molar-refractivity contribution in [1.29, 1.82) is 0 Å². The molecule has 4 heteroatoms. The molecular formula is C10H19NO3. The van der Waals surface area contributed by atoms with Crippen LogP contribution in [-0.2, 0) is 9.63 Å². The SMILES string of the molecule is CCCCCC1CC(C(=O)O)N(C)O1. The van der Waals surface area contributed by atoms with Crippen molar-refractivity contribution in [2.24, 2.45) is 0 Å². The van der Waals surface area contributed by atoms with Crippen LogP contribution < -0.4 is 0 Å². The number of carbonyl (C=O) groups is 1. The van der Waals surface area contributed by atoms with E-state index in [9.17, 15) is 4.79 Å². The molecule has 0 bridgehead atoms. The second-order valence-corrected chi connectivity index (χ2v) is 3.86. The molecule has 1 aliphatic heterocycles. The fourth-order valence-electron chi connectivity index (χ4n) is 1.80. The number of likely N-dealkylation sites (N-methyl/N-ethyl adjacent to an activating group) is 1. The van der Waals surface area contributed by atoms with Gasteiger partial charge in [-0.3, -0.25) is 9.63 Å². The van der Waals surface area contributed by atoms with Crippen molar-refractivity contribution in [3.05, 3.63) is 0 Å². The standard InChI is InChI=1S/C10H19NO3/c1-3-4-5-6-8-7-9(10(12)13)11(2)14-8/h8-9H,3-7H2,1-2H3,(H,12,13). The molecule has 4 nitrogen and oxygen atoms in total. The molecule has 14 heavy (non-hydrogen) atoms. The van der Waals surface area contributed by atoms with E-state index >= 15 is 0 Å². The zero-order valence-electron chi connectivity index (χ0n) is 8.90. The van der Waals surface area contributed by atoms with Crippen LogP contribution in [0.5, 0.6) is 0 Å². The summed E-state index contributed by atoms with van der Waals surface area (Å²) in [5.74, 6) is -0.787. The van der Waals surface area contributed by atoms with Crippen molar-refractivity contribution < 1.29 is 14.7 Å². The summed E-state index contributed by atoms with van der Waals surface area (Å²) in [4.78, 5) is 16.2. The van der Waals surface area contributed by atoms with Gasteiger partial charge in [0.2, 0.25) is 0 Å². The molecule has 0 radical (unpaired) electrons. The van der Waals surface area contributed by atoms with Gasteiger partial charge in [0.15, 0.2) is 0 Å². The first-order valence-corrected chi connectivity index (χ1v) is 5.27. The Hall–Kier alpha value is -0.610. The largest absolute Gasteiger partial charge is 0.480 e. The van der Waals surface area contributed by atoms with Crippen molar-refractivity contribution in [2.75, 3.05) is 7.05 Å². The third kappa shape index (κ3) is 2.96. The number of hydrogen-bond donors (Lipinski definition) is 1. The highest BCUT2D eigenvalue weighted by Crippen LogP contribution is 2.23. The van der Waals surface area contributed by atoms with Gasteiger partial charge in [0, 0.05) is 13.5 Å². The van der Waals surface area contributed by atoms with Crippen LogP contribution in [0.1, 0.15) is 39.0 Å². The van der Waals surface area contributed by atoms with Gasteiger partial charge in [-0.2, -0.15) is 5.06 Å². The number of rotatable bonds is 5. The summed E-state index contributed by atoms with van der Waals surface area (Å²) in [5.41, 5.74) is 0. The van der Waals surface area contributed by atoms with Gasteiger partial charge in [-0.15, -0.1) is 0 Å². The fourth-order valence-corrected chi connectivity index (χ4v) is 1.80. The lowest BCUT2D eigenvalue weighted by Gasteiger charge is -2.13. The molecule has 0 aromatic heterocycles. The topological polar surface area (TPSA) is 49.8 Å². The molecule has 1 saturated heterocycles.